The molecule has 0 amide bonds. The normalized spacial score (nSPS) is 13.8. The van der Waals surface area contributed by atoms with Crippen LogP contribution in [0.25, 0.3) is 5.57 Å². The summed E-state index contributed by atoms with van der Waals surface area (Å²) in [5, 5.41) is 0. The van der Waals surface area contributed by atoms with E-state index in [9.17, 15) is 0 Å². The molecule has 1 heteroatoms. The molecule has 0 atom stereocenters. The first kappa shape index (κ1) is 7.41. The number of ether oxygens (including phenoxy) is 1. The van der Waals surface area contributed by atoms with Crippen LogP contribution in [0.3, 0.4) is 0 Å². The van der Waals surface area contributed by atoms with E-state index in [1.165, 1.54) is 11.1 Å². The third-order valence-corrected chi connectivity index (χ3v) is 2.20. The number of fused-ring (bicyclic) bond motifs is 1. The van der Waals surface area contributed by atoms with E-state index in [0.29, 0.717) is 0 Å². The van der Waals surface area contributed by atoms with Gasteiger partial charge in [-0.25, -0.2) is 0 Å². The Morgan fingerprint density at radius 3 is 3.08 bits per heavy atom. The Balaban J connectivity index is 2.56. The fourth-order valence-electron chi connectivity index (χ4n) is 1.62. The highest BCUT2D eigenvalue weighted by atomic mass is 16.5. The van der Waals surface area contributed by atoms with Gasteiger partial charge in [0.1, 0.15) is 5.75 Å². The number of benzene rings is 1. The lowest BCUT2D eigenvalue weighted by Gasteiger charge is -2.04. The molecule has 1 aliphatic rings. The van der Waals surface area contributed by atoms with Crippen LogP contribution in [0.2, 0.25) is 0 Å². The van der Waals surface area contributed by atoms with Crippen molar-refractivity contribution in [2.45, 2.75) is 13.3 Å². The van der Waals surface area contributed by atoms with Crippen molar-refractivity contribution in [1.29, 1.82) is 0 Å². The van der Waals surface area contributed by atoms with E-state index in [1.54, 1.807) is 0 Å². The minimum Gasteiger partial charge on any atom is -0.493 e. The Kier molecular flexibility index (Phi) is 1.65. The molecule has 0 fully saturated rings. The summed E-state index contributed by atoms with van der Waals surface area (Å²) in [7, 11) is 0. The topological polar surface area (TPSA) is 9.23 Å². The van der Waals surface area contributed by atoms with Gasteiger partial charge in [0.2, 0.25) is 0 Å². The van der Waals surface area contributed by atoms with Gasteiger partial charge in [-0.1, -0.05) is 24.3 Å². The minimum absolute atomic E-state index is 0.819. The first-order valence-corrected chi connectivity index (χ1v) is 4.19. The van der Waals surface area contributed by atoms with Crippen LogP contribution in [-0.4, -0.2) is 6.61 Å². The lowest BCUT2D eigenvalue weighted by atomic mass is 10.0. The Bertz CT molecular complexity index is 326. The zero-order valence-corrected chi connectivity index (χ0v) is 7.26. The molecular formula is C11H12O. The SMILES string of the molecule is C=C(C)c1cccc2c1CCO2. The highest BCUT2D eigenvalue weighted by molar-refractivity contribution is 5.67. The van der Waals surface area contributed by atoms with Crippen LogP contribution in [-0.2, 0) is 6.42 Å². The molecule has 0 saturated carbocycles. The van der Waals surface area contributed by atoms with Gasteiger partial charge in [0.25, 0.3) is 0 Å². The molecule has 0 aliphatic carbocycles. The molecular weight excluding hydrogens is 148 g/mol. The molecule has 0 bridgehead atoms. The Labute approximate surface area is 72.7 Å². The van der Waals surface area contributed by atoms with Crippen molar-refractivity contribution in [1.82, 2.24) is 0 Å². The largest absolute Gasteiger partial charge is 0.493 e. The molecule has 1 heterocycles. The summed E-state index contributed by atoms with van der Waals surface area (Å²) >= 11 is 0. The van der Waals surface area contributed by atoms with E-state index >= 15 is 0 Å². The zero-order valence-electron chi connectivity index (χ0n) is 7.26. The molecule has 1 aromatic rings. The standard InChI is InChI=1S/C11H12O/c1-8(2)9-4-3-5-11-10(9)6-7-12-11/h3-5H,1,6-7H2,2H3. The molecule has 1 aromatic carbocycles. The van der Waals surface area contributed by atoms with E-state index in [2.05, 4.69) is 12.6 Å². The quantitative estimate of drug-likeness (QED) is 0.613. The maximum absolute atomic E-state index is 5.45. The van der Waals surface area contributed by atoms with Crippen molar-refractivity contribution >= 4 is 5.57 Å². The fraction of sp³-hybridized carbons (Fsp3) is 0.273. The number of rotatable bonds is 1. The van der Waals surface area contributed by atoms with Gasteiger partial charge in [-0.15, -0.1) is 0 Å². The summed E-state index contributed by atoms with van der Waals surface area (Å²) in [4.78, 5) is 0. The molecule has 1 aliphatic heterocycles. The first-order valence-electron chi connectivity index (χ1n) is 4.19. The van der Waals surface area contributed by atoms with Gasteiger partial charge in [-0.3, -0.25) is 0 Å². The van der Waals surface area contributed by atoms with Crippen LogP contribution in [0.4, 0.5) is 0 Å². The minimum atomic E-state index is 0.819. The summed E-state index contributed by atoms with van der Waals surface area (Å²) < 4.78 is 5.45. The van der Waals surface area contributed by atoms with E-state index in [0.717, 1.165) is 24.4 Å². The highest BCUT2D eigenvalue weighted by Crippen LogP contribution is 2.31. The summed E-state index contributed by atoms with van der Waals surface area (Å²) in [6, 6.07) is 6.15. The molecule has 0 N–H and O–H groups in total. The van der Waals surface area contributed by atoms with Crippen LogP contribution in [0.15, 0.2) is 24.8 Å². The van der Waals surface area contributed by atoms with Crippen LogP contribution in [0.1, 0.15) is 18.1 Å². The van der Waals surface area contributed by atoms with Gasteiger partial charge in [0.05, 0.1) is 6.61 Å². The molecule has 0 aromatic heterocycles. The molecule has 12 heavy (non-hydrogen) atoms. The lowest BCUT2D eigenvalue weighted by Crippen LogP contribution is -1.87. The zero-order chi connectivity index (χ0) is 8.55. The van der Waals surface area contributed by atoms with Gasteiger partial charge < -0.3 is 4.74 Å². The first-order chi connectivity index (χ1) is 5.79. The Morgan fingerprint density at radius 2 is 2.33 bits per heavy atom. The summed E-state index contributed by atoms with van der Waals surface area (Å²) in [6.07, 6.45) is 1.03. The molecule has 1 nitrogen and oxygen atoms in total. The van der Waals surface area contributed by atoms with E-state index in [1.807, 2.05) is 19.1 Å². The maximum atomic E-state index is 5.45. The van der Waals surface area contributed by atoms with Crippen molar-refractivity contribution in [2.75, 3.05) is 6.61 Å². The third kappa shape index (κ3) is 1.02. The van der Waals surface area contributed by atoms with Crippen LogP contribution < -0.4 is 4.74 Å². The Morgan fingerprint density at radius 1 is 1.50 bits per heavy atom. The van der Waals surface area contributed by atoms with Crippen molar-refractivity contribution < 1.29 is 4.74 Å². The molecule has 0 radical (unpaired) electrons. The molecule has 0 spiro atoms. The molecule has 2 rings (SSSR count). The monoisotopic (exact) mass is 160 g/mol. The second-order valence-electron chi connectivity index (χ2n) is 3.16. The highest BCUT2D eigenvalue weighted by Gasteiger charge is 2.15. The number of allylic oxidation sites excluding steroid dienone is 1. The van der Waals surface area contributed by atoms with Crippen LogP contribution in [0.5, 0.6) is 5.75 Å². The Hall–Kier alpha value is -1.24. The summed E-state index contributed by atoms with van der Waals surface area (Å²) in [5.41, 5.74) is 3.70. The third-order valence-electron chi connectivity index (χ3n) is 2.20. The van der Waals surface area contributed by atoms with Gasteiger partial charge >= 0.3 is 0 Å². The predicted octanol–water partition coefficient (Wildman–Crippen LogP) is 2.65. The van der Waals surface area contributed by atoms with Crippen LogP contribution >= 0.6 is 0 Å². The smallest absolute Gasteiger partial charge is 0.123 e. The lowest BCUT2D eigenvalue weighted by molar-refractivity contribution is 0.357. The molecule has 0 saturated heterocycles. The number of hydrogen-bond donors (Lipinski definition) is 0. The van der Waals surface area contributed by atoms with E-state index in [-0.39, 0.29) is 0 Å². The number of hydrogen-bond acceptors (Lipinski definition) is 1. The fourth-order valence-corrected chi connectivity index (χ4v) is 1.62. The maximum Gasteiger partial charge on any atom is 0.123 e. The van der Waals surface area contributed by atoms with Gasteiger partial charge in [0, 0.05) is 12.0 Å². The second kappa shape index (κ2) is 2.67. The predicted molar refractivity (Wildman–Crippen MR) is 50.3 cm³/mol. The van der Waals surface area contributed by atoms with Crippen molar-refractivity contribution in [3.8, 4) is 5.75 Å². The van der Waals surface area contributed by atoms with Crippen molar-refractivity contribution in [3.05, 3.63) is 35.9 Å². The van der Waals surface area contributed by atoms with Gasteiger partial charge in [-0.05, 0) is 18.6 Å². The van der Waals surface area contributed by atoms with Crippen molar-refractivity contribution in [2.24, 2.45) is 0 Å². The van der Waals surface area contributed by atoms with Gasteiger partial charge in [0.15, 0.2) is 0 Å². The average Bonchev–Trinajstić information content (AvgIpc) is 2.49. The van der Waals surface area contributed by atoms with Crippen molar-refractivity contribution in [3.63, 3.8) is 0 Å². The summed E-state index contributed by atoms with van der Waals surface area (Å²) in [5.74, 6) is 1.04. The van der Waals surface area contributed by atoms with E-state index < -0.39 is 0 Å². The molecule has 62 valence electrons. The summed E-state index contributed by atoms with van der Waals surface area (Å²) in [6.45, 7) is 6.80. The second-order valence-corrected chi connectivity index (χ2v) is 3.16. The molecule has 0 unspecified atom stereocenters. The van der Waals surface area contributed by atoms with E-state index in [4.69, 9.17) is 4.74 Å². The van der Waals surface area contributed by atoms with Gasteiger partial charge in [-0.2, -0.15) is 0 Å². The average molecular weight is 160 g/mol. The van der Waals surface area contributed by atoms with Crippen LogP contribution in [0, 0.1) is 0 Å².